The third-order valence-corrected chi connectivity index (χ3v) is 7.59. The molecule has 1 aromatic rings. The van der Waals surface area contributed by atoms with Gasteiger partial charge < -0.3 is 15.0 Å². The maximum absolute atomic E-state index is 12.0. The summed E-state index contributed by atoms with van der Waals surface area (Å²) in [5.41, 5.74) is 2.22. The van der Waals surface area contributed by atoms with Crippen LogP contribution in [0.4, 0.5) is 5.69 Å². The molecule has 2 aliphatic rings. The maximum Gasteiger partial charge on any atom is 0.173 e. The first-order valence-corrected chi connectivity index (χ1v) is 12.4. The van der Waals surface area contributed by atoms with Gasteiger partial charge in [0.05, 0.1) is 24.7 Å². The number of rotatable bonds is 7. The Kier molecular flexibility index (Phi) is 7.68. The first kappa shape index (κ1) is 21.5. The molecule has 1 N–H and O–H groups in total. The minimum Gasteiger partial charge on any atom is -0.379 e. The lowest BCUT2D eigenvalue weighted by Gasteiger charge is -2.33. The lowest BCUT2D eigenvalue weighted by Crippen LogP contribution is -2.45. The number of morpholine rings is 1. The molecule has 0 radical (unpaired) electrons. The summed E-state index contributed by atoms with van der Waals surface area (Å²) in [5.74, 6) is 0.451. The summed E-state index contributed by atoms with van der Waals surface area (Å²) in [6.45, 7) is 7.37. The Morgan fingerprint density at radius 1 is 1.29 bits per heavy atom. The van der Waals surface area contributed by atoms with Crippen LogP contribution in [0.1, 0.15) is 25.3 Å². The van der Waals surface area contributed by atoms with Gasteiger partial charge in [-0.25, -0.2) is 8.42 Å². The minimum atomic E-state index is -2.96. The number of thiocarbonyl (C=S) groups is 1. The number of nitrogens with one attached hydrogen (secondary N) is 1. The number of sulfone groups is 1. The molecule has 1 aromatic carbocycles. The van der Waals surface area contributed by atoms with Gasteiger partial charge in [0.25, 0.3) is 0 Å². The predicted molar refractivity (Wildman–Crippen MR) is 118 cm³/mol. The second kappa shape index (κ2) is 10.0. The number of anilines is 1. The number of ether oxygens (including phenoxy) is 1. The second-order valence-corrected chi connectivity index (χ2v) is 10.2. The van der Waals surface area contributed by atoms with Crippen LogP contribution >= 0.6 is 12.2 Å². The van der Waals surface area contributed by atoms with Crippen molar-refractivity contribution in [1.82, 2.24) is 9.80 Å². The van der Waals surface area contributed by atoms with Crippen LogP contribution in [0, 0.1) is 0 Å². The van der Waals surface area contributed by atoms with Crippen molar-refractivity contribution >= 4 is 32.9 Å². The number of hydrogen-bond donors (Lipinski definition) is 1. The average molecular weight is 426 g/mol. The highest BCUT2D eigenvalue weighted by Gasteiger charge is 2.33. The number of hydrogen-bond acceptors (Lipinski definition) is 5. The second-order valence-electron chi connectivity index (χ2n) is 7.54. The fourth-order valence-electron chi connectivity index (χ4n) is 3.78. The molecule has 2 fully saturated rings. The molecule has 156 valence electrons. The third kappa shape index (κ3) is 6.14. The van der Waals surface area contributed by atoms with Crippen molar-refractivity contribution in [3.05, 3.63) is 29.8 Å². The highest BCUT2D eigenvalue weighted by Crippen LogP contribution is 2.20. The number of nitrogens with zero attached hydrogens (tertiary/aromatic N) is 2. The smallest absolute Gasteiger partial charge is 0.173 e. The molecule has 0 bridgehead atoms. The zero-order valence-corrected chi connectivity index (χ0v) is 18.2. The summed E-state index contributed by atoms with van der Waals surface area (Å²) in [6, 6.07) is 8.21. The van der Waals surface area contributed by atoms with Crippen LogP contribution in [-0.2, 0) is 21.0 Å². The van der Waals surface area contributed by atoms with Gasteiger partial charge in [0.2, 0.25) is 0 Å². The molecule has 1 atom stereocenters. The van der Waals surface area contributed by atoms with Gasteiger partial charge in [-0.05, 0) is 49.2 Å². The molecule has 2 aliphatic heterocycles. The van der Waals surface area contributed by atoms with Gasteiger partial charge in [-0.1, -0.05) is 19.1 Å². The molecule has 8 heteroatoms. The van der Waals surface area contributed by atoms with Gasteiger partial charge in [0.1, 0.15) is 0 Å². The Balaban J connectivity index is 1.61. The molecule has 0 spiro atoms. The Hall–Kier alpha value is -1.22. The standard InChI is InChI=1S/C20H31N3O3S2/c1-2-17-4-6-18(7-5-17)21-20(27)23(19-8-15-28(24,25)16-19)10-3-9-22-11-13-26-14-12-22/h4-7,19H,2-3,8-16H2,1H3,(H,21,27)/t19-/m0/s1. The van der Waals surface area contributed by atoms with Crippen molar-refractivity contribution in [2.45, 2.75) is 32.2 Å². The van der Waals surface area contributed by atoms with Gasteiger partial charge in [-0.3, -0.25) is 4.90 Å². The van der Waals surface area contributed by atoms with Crippen molar-refractivity contribution in [1.29, 1.82) is 0 Å². The lowest BCUT2D eigenvalue weighted by atomic mass is 10.1. The molecule has 0 saturated carbocycles. The molecule has 2 saturated heterocycles. The summed E-state index contributed by atoms with van der Waals surface area (Å²) >= 11 is 5.69. The normalized spacial score (nSPS) is 22.1. The maximum atomic E-state index is 12.0. The van der Waals surface area contributed by atoms with Crippen LogP contribution in [0.15, 0.2) is 24.3 Å². The fourth-order valence-corrected chi connectivity index (χ4v) is 5.87. The SMILES string of the molecule is CCc1ccc(NC(=S)N(CCCN2CCOCC2)[C@H]2CCS(=O)(=O)C2)cc1. The van der Waals surface area contributed by atoms with Gasteiger partial charge in [-0.2, -0.15) is 0 Å². The quantitative estimate of drug-likeness (QED) is 0.672. The Labute approximate surface area is 174 Å². The Morgan fingerprint density at radius 2 is 2.00 bits per heavy atom. The fraction of sp³-hybridized carbons (Fsp3) is 0.650. The van der Waals surface area contributed by atoms with Crippen LogP contribution in [0.5, 0.6) is 0 Å². The molecule has 6 nitrogen and oxygen atoms in total. The molecule has 0 unspecified atom stereocenters. The van der Waals surface area contributed by atoms with E-state index in [1.54, 1.807) is 0 Å². The van der Waals surface area contributed by atoms with Crippen LogP contribution in [-0.4, -0.2) is 80.3 Å². The Morgan fingerprint density at radius 3 is 2.61 bits per heavy atom. The van der Waals surface area contributed by atoms with Crippen molar-refractivity contribution in [3.8, 4) is 0 Å². The van der Waals surface area contributed by atoms with E-state index in [9.17, 15) is 8.42 Å². The lowest BCUT2D eigenvalue weighted by molar-refractivity contribution is 0.0366. The summed E-state index contributed by atoms with van der Waals surface area (Å²) in [4.78, 5) is 4.49. The highest BCUT2D eigenvalue weighted by atomic mass is 32.2. The first-order valence-electron chi connectivity index (χ1n) is 10.1. The zero-order chi connectivity index (χ0) is 20.0. The van der Waals surface area contributed by atoms with E-state index in [4.69, 9.17) is 17.0 Å². The largest absolute Gasteiger partial charge is 0.379 e. The minimum absolute atomic E-state index is 0.0374. The molecule has 0 aromatic heterocycles. The summed E-state index contributed by atoms with van der Waals surface area (Å²) < 4.78 is 29.4. The van der Waals surface area contributed by atoms with Gasteiger partial charge in [-0.15, -0.1) is 0 Å². The van der Waals surface area contributed by atoms with Crippen LogP contribution in [0.25, 0.3) is 0 Å². The summed E-state index contributed by atoms with van der Waals surface area (Å²) in [6.07, 6.45) is 2.60. The van der Waals surface area contributed by atoms with Crippen LogP contribution < -0.4 is 5.32 Å². The van der Waals surface area contributed by atoms with Crippen LogP contribution in [0.2, 0.25) is 0 Å². The van der Waals surface area contributed by atoms with E-state index >= 15 is 0 Å². The third-order valence-electron chi connectivity index (χ3n) is 5.50. The number of benzene rings is 1. The average Bonchev–Trinajstić information content (AvgIpc) is 3.06. The predicted octanol–water partition coefficient (Wildman–Crippen LogP) is 2.16. The van der Waals surface area contributed by atoms with Gasteiger partial charge in [0.15, 0.2) is 14.9 Å². The van der Waals surface area contributed by atoms with Crippen LogP contribution in [0.3, 0.4) is 0 Å². The first-order chi connectivity index (χ1) is 13.5. The van der Waals surface area contributed by atoms with E-state index in [2.05, 4.69) is 34.2 Å². The molecule has 3 rings (SSSR count). The number of aryl methyl sites for hydroxylation is 1. The van der Waals surface area contributed by atoms with Crippen molar-refractivity contribution in [3.63, 3.8) is 0 Å². The van der Waals surface area contributed by atoms with E-state index < -0.39 is 9.84 Å². The van der Waals surface area contributed by atoms with E-state index in [0.717, 1.165) is 57.9 Å². The topological polar surface area (TPSA) is 61.9 Å². The highest BCUT2D eigenvalue weighted by molar-refractivity contribution is 7.91. The summed E-state index contributed by atoms with van der Waals surface area (Å²) in [7, 11) is -2.96. The van der Waals surface area contributed by atoms with E-state index in [1.165, 1.54) is 5.56 Å². The molecular formula is C20H31N3O3S2. The van der Waals surface area contributed by atoms with E-state index in [-0.39, 0.29) is 17.5 Å². The van der Waals surface area contributed by atoms with Crippen molar-refractivity contribution in [2.75, 3.05) is 56.2 Å². The molecule has 28 heavy (non-hydrogen) atoms. The molecular weight excluding hydrogens is 394 g/mol. The van der Waals surface area contributed by atoms with E-state index in [1.807, 2.05) is 12.1 Å². The van der Waals surface area contributed by atoms with Gasteiger partial charge >= 0.3 is 0 Å². The molecule has 0 amide bonds. The van der Waals surface area contributed by atoms with Crippen molar-refractivity contribution in [2.24, 2.45) is 0 Å². The summed E-state index contributed by atoms with van der Waals surface area (Å²) in [5, 5.41) is 3.93. The molecule has 2 heterocycles. The molecule has 0 aliphatic carbocycles. The van der Waals surface area contributed by atoms with E-state index in [0.29, 0.717) is 11.5 Å². The Bertz CT molecular complexity index is 746. The van der Waals surface area contributed by atoms with Crippen molar-refractivity contribution < 1.29 is 13.2 Å². The van der Waals surface area contributed by atoms with Gasteiger partial charge in [0, 0.05) is 37.9 Å². The zero-order valence-electron chi connectivity index (χ0n) is 16.6. The monoisotopic (exact) mass is 425 g/mol.